The van der Waals surface area contributed by atoms with Crippen molar-refractivity contribution in [3.63, 3.8) is 0 Å². The number of fused-ring (bicyclic) bond motifs is 1. The van der Waals surface area contributed by atoms with Crippen LogP contribution in [0.5, 0.6) is 5.75 Å². The molecule has 0 bridgehead atoms. The van der Waals surface area contributed by atoms with Gasteiger partial charge in [-0.3, -0.25) is 9.59 Å². The molecule has 0 aliphatic rings. The zero-order valence-electron chi connectivity index (χ0n) is 18.6. The quantitative estimate of drug-likeness (QED) is 0.527. The van der Waals surface area contributed by atoms with E-state index in [0.717, 1.165) is 11.3 Å². The Morgan fingerprint density at radius 3 is 2.56 bits per heavy atom. The largest absolute Gasteiger partial charge is 0.480 e. The average molecular weight is 459 g/mol. The summed E-state index contributed by atoms with van der Waals surface area (Å²) in [5.41, 5.74) is 2.10. The number of hydrogen-bond donors (Lipinski definition) is 2. The molecule has 0 unspecified atom stereocenters. The summed E-state index contributed by atoms with van der Waals surface area (Å²) in [5.74, 6) is -1.52. The summed E-state index contributed by atoms with van der Waals surface area (Å²) in [6, 6.07) is 2.29. The molecular weight excluding hydrogens is 432 g/mol. The highest BCUT2D eigenvalue weighted by atomic mass is 32.1. The number of aromatic nitrogens is 1. The maximum absolute atomic E-state index is 13.0. The molecule has 1 amide bonds. The van der Waals surface area contributed by atoms with E-state index in [2.05, 4.69) is 10.3 Å². The van der Waals surface area contributed by atoms with Crippen molar-refractivity contribution in [3.05, 3.63) is 45.3 Å². The van der Waals surface area contributed by atoms with Crippen molar-refractivity contribution in [1.82, 2.24) is 10.3 Å². The van der Waals surface area contributed by atoms with Gasteiger partial charge in [0.25, 0.3) is 5.91 Å². The van der Waals surface area contributed by atoms with Gasteiger partial charge in [0.05, 0.1) is 10.9 Å². The second kappa shape index (κ2) is 9.52. The molecule has 9 heteroatoms. The fraction of sp³-hybridized carbons (Fsp3) is 0.391. The van der Waals surface area contributed by atoms with Gasteiger partial charge < -0.3 is 19.6 Å². The highest BCUT2D eigenvalue weighted by Crippen LogP contribution is 2.29. The van der Waals surface area contributed by atoms with E-state index < -0.39 is 24.0 Å². The van der Waals surface area contributed by atoms with E-state index in [1.54, 1.807) is 32.9 Å². The number of carboxylic acids is 1. The van der Waals surface area contributed by atoms with Crippen LogP contribution in [0.15, 0.2) is 33.0 Å². The second-order valence-electron chi connectivity index (χ2n) is 7.91. The molecule has 0 aliphatic carbocycles. The van der Waals surface area contributed by atoms with Crippen molar-refractivity contribution in [2.75, 3.05) is 0 Å². The SMILES string of the molecule is CCc1cc2c(=O)c(-c3nc(C)cs3)coc2cc1O[C@H](C)C(=O)N[C@H](C(=O)O)C(C)C. The number of amides is 1. The van der Waals surface area contributed by atoms with Crippen molar-refractivity contribution in [2.45, 2.75) is 53.2 Å². The Balaban J connectivity index is 1.91. The van der Waals surface area contributed by atoms with Crippen LogP contribution in [-0.4, -0.2) is 34.1 Å². The average Bonchev–Trinajstić information content (AvgIpc) is 3.17. The minimum atomic E-state index is -1.10. The third-order valence-corrected chi connectivity index (χ3v) is 6.08. The number of aryl methyl sites for hydroxylation is 2. The van der Waals surface area contributed by atoms with Crippen LogP contribution in [-0.2, 0) is 16.0 Å². The molecular formula is C23H26N2O6S. The number of hydrogen-bond acceptors (Lipinski definition) is 7. The number of carbonyl (C=O) groups excluding carboxylic acids is 1. The van der Waals surface area contributed by atoms with Crippen LogP contribution in [0.4, 0.5) is 0 Å². The number of aliphatic carboxylic acids is 1. The number of rotatable bonds is 8. The number of carboxylic acid groups (broad SMARTS) is 1. The Morgan fingerprint density at radius 2 is 2.00 bits per heavy atom. The van der Waals surface area contributed by atoms with Crippen LogP contribution in [0.3, 0.4) is 0 Å². The van der Waals surface area contributed by atoms with Gasteiger partial charge in [0.15, 0.2) is 6.10 Å². The van der Waals surface area contributed by atoms with Gasteiger partial charge in [-0.2, -0.15) is 0 Å². The van der Waals surface area contributed by atoms with Gasteiger partial charge in [0.2, 0.25) is 5.43 Å². The van der Waals surface area contributed by atoms with Gasteiger partial charge >= 0.3 is 5.97 Å². The first kappa shape index (κ1) is 23.5. The minimum absolute atomic E-state index is 0.186. The van der Waals surface area contributed by atoms with Gasteiger partial charge in [-0.25, -0.2) is 9.78 Å². The first-order chi connectivity index (χ1) is 15.1. The van der Waals surface area contributed by atoms with E-state index in [1.165, 1.54) is 17.6 Å². The Morgan fingerprint density at radius 1 is 1.28 bits per heavy atom. The van der Waals surface area contributed by atoms with Gasteiger partial charge in [-0.1, -0.05) is 20.8 Å². The smallest absolute Gasteiger partial charge is 0.326 e. The molecule has 2 atom stereocenters. The van der Waals surface area contributed by atoms with Crippen molar-refractivity contribution >= 4 is 34.2 Å². The molecule has 0 saturated carbocycles. The molecule has 8 nitrogen and oxygen atoms in total. The number of carbonyl (C=O) groups is 2. The number of ether oxygens (including phenoxy) is 1. The van der Waals surface area contributed by atoms with Gasteiger partial charge in [0.1, 0.15) is 28.6 Å². The van der Waals surface area contributed by atoms with Crippen molar-refractivity contribution < 1.29 is 23.8 Å². The van der Waals surface area contributed by atoms with E-state index in [9.17, 15) is 19.5 Å². The van der Waals surface area contributed by atoms with E-state index in [4.69, 9.17) is 9.15 Å². The van der Waals surface area contributed by atoms with Crippen LogP contribution >= 0.6 is 11.3 Å². The highest BCUT2D eigenvalue weighted by Gasteiger charge is 2.27. The van der Waals surface area contributed by atoms with Crippen LogP contribution in [0.1, 0.15) is 39.0 Å². The molecule has 3 rings (SSSR count). The topological polar surface area (TPSA) is 119 Å². The summed E-state index contributed by atoms with van der Waals surface area (Å²) in [7, 11) is 0. The zero-order chi connectivity index (χ0) is 23.6. The van der Waals surface area contributed by atoms with Crippen molar-refractivity contribution in [2.24, 2.45) is 5.92 Å². The van der Waals surface area contributed by atoms with E-state index in [-0.39, 0.29) is 11.3 Å². The van der Waals surface area contributed by atoms with Crippen LogP contribution < -0.4 is 15.5 Å². The number of thiazole rings is 1. The van der Waals surface area contributed by atoms with E-state index in [1.807, 2.05) is 19.2 Å². The highest BCUT2D eigenvalue weighted by molar-refractivity contribution is 7.13. The van der Waals surface area contributed by atoms with Crippen molar-refractivity contribution in [3.8, 4) is 16.3 Å². The number of nitrogens with zero attached hydrogens (tertiary/aromatic N) is 1. The monoisotopic (exact) mass is 458 g/mol. The lowest BCUT2D eigenvalue weighted by Gasteiger charge is -2.22. The molecule has 32 heavy (non-hydrogen) atoms. The maximum Gasteiger partial charge on any atom is 0.326 e. The van der Waals surface area contributed by atoms with E-state index >= 15 is 0 Å². The Hall–Kier alpha value is -3.20. The standard InChI is InChI=1S/C23H26N2O6S/c1-6-14-7-15-18(30-9-16(20(15)26)22-24-12(4)10-32-22)8-17(14)31-13(5)21(27)25-19(11(2)3)23(28)29/h7-11,13,19H,6H2,1-5H3,(H,25,27)(H,28,29)/t13-,19+/m1/s1. The maximum atomic E-state index is 13.0. The van der Waals surface area contributed by atoms with Gasteiger partial charge in [-0.05, 0) is 37.8 Å². The summed E-state index contributed by atoms with van der Waals surface area (Å²) >= 11 is 1.38. The van der Waals surface area contributed by atoms with E-state index in [0.29, 0.717) is 33.7 Å². The lowest BCUT2D eigenvalue weighted by Crippen LogP contribution is -2.48. The summed E-state index contributed by atoms with van der Waals surface area (Å²) in [4.78, 5) is 41.3. The summed E-state index contributed by atoms with van der Waals surface area (Å²) in [6.45, 7) is 8.74. The molecule has 2 heterocycles. The molecule has 0 radical (unpaired) electrons. The molecule has 170 valence electrons. The normalized spacial score (nSPS) is 13.2. The first-order valence-corrected chi connectivity index (χ1v) is 11.2. The predicted octanol–water partition coefficient (Wildman–Crippen LogP) is 3.78. The lowest BCUT2D eigenvalue weighted by atomic mass is 10.0. The Bertz CT molecular complexity index is 1210. The molecule has 2 aromatic heterocycles. The molecule has 1 aromatic carbocycles. The lowest BCUT2D eigenvalue weighted by molar-refractivity contribution is -0.144. The van der Waals surface area contributed by atoms with Crippen LogP contribution in [0.2, 0.25) is 0 Å². The number of nitrogens with one attached hydrogen (secondary N) is 1. The molecule has 0 fully saturated rings. The molecule has 0 spiro atoms. The predicted molar refractivity (Wildman–Crippen MR) is 122 cm³/mol. The fourth-order valence-electron chi connectivity index (χ4n) is 3.24. The first-order valence-electron chi connectivity index (χ1n) is 10.3. The van der Waals surface area contributed by atoms with Crippen LogP contribution in [0.25, 0.3) is 21.5 Å². The van der Waals surface area contributed by atoms with Crippen LogP contribution in [0, 0.1) is 12.8 Å². The zero-order valence-corrected chi connectivity index (χ0v) is 19.4. The molecule has 0 aliphatic heterocycles. The fourth-order valence-corrected chi connectivity index (χ4v) is 4.04. The molecule has 0 saturated heterocycles. The Kier molecular flexibility index (Phi) is 6.98. The van der Waals surface area contributed by atoms with Crippen molar-refractivity contribution in [1.29, 1.82) is 0 Å². The Labute approximate surface area is 189 Å². The van der Waals surface area contributed by atoms with Gasteiger partial charge in [-0.15, -0.1) is 11.3 Å². The summed E-state index contributed by atoms with van der Waals surface area (Å²) < 4.78 is 11.6. The third kappa shape index (κ3) is 4.83. The molecule has 2 N–H and O–H groups in total. The van der Waals surface area contributed by atoms with Gasteiger partial charge in [0, 0.05) is 17.1 Å². The third-order valence-electron chi connectivity index (χ3n) is 5.09. The second-order valence-corrected chi connectivity index (χ2v) is 8.77. The summed E-state index contributed by atoms with van der Waals surface area (Å²) in [5, 5.41) is 14.7. The molecule has 3 aromatic rings. The minimum Gasteiger partial charge on any atom is -0.480 e. The number of benzene rings is 1. The summed E-state index contributed by atoms with van der Waals surface area (Å²) in [6.07, 6.45) is 1.00.